The van der Waals surface area contributed by atoms with Crippen LogP contribution in [-0.2, 0) is 29.7 Å². The van der Waals surface area contributed by atoms with Crippen molar-refractivity contribution in [1.82, 2.24) is 28.5 Å². The third-order valence-corrected chi connectivity index (χ3v) is 6.50. The van der Waals surface area contributed by atoms with E-state index in [9.17, 15) is 8.42 Å². The zero-order chi connectivity index (χ0) is 17.9. The van der Waals surface area contributed by atoms with Crippen molar-refractivity contribution in [1.29, 1.82) is 0 Å². The molecule has 8 nitrogen and oxygen atoms in total. The Balaban J connectivity index is 1.66. The van der Waals surface area contributed by atoms with Gasteiger partial charge in [-0.3, -0.25) is 9.58 Å². The molecule has 0 spiro atoms. The number of nitrogens with zero attached hydrogens (tertiary/aromatic N) is 6. The Morgan fingerprint density at radius 1 is 1.08 bits per heavy atom. The smallest absolute Gasteiger partial charge is 0.260 e. The Kier molecular flexibility index (Phi) is 5.55. The predicted octanol–water partition coefficient (Wildman–Crippen LogP) is 1.02. The van der Waals surface area contributed by atoms with Crippen LogP contribution in [0.5, 0.6) is 0 Å². The number of hydrogen-bond donors (Lipinski definition) is 0. The highest BCUT2D eigenvalue weighted by Crippen LogP contribution is 2.18. The molecule has 0 N–H and O–H groups in total. The number of aryl methyl sites for hydroxylation is 2. The van der Waals surface area contributed by atoms with E-state index in [1.165, 1.54) is 11.8 Å². The maximum Gasteiger partial charge on any atom is 0.260 e. The number of rotatable bonds is 6. The molecule has 1 fully saturated rings. The number of aromatic nitrogens is 4. The topological polar surface area (TPSA) is 76.3 Å². The minimum atomic E-state index is -3.49. The molecule has 0 saturated carbocycles. The van der Waals surface area contributed by atoms with Gasteiger partial charge >= 0.3 is 0 Å². The van der Waals surface area contributed by atoms with Gasteiger partial charge in [-0.05, 0) is 26.8 Å². The van der Waals surface area contributed by atoms with Gasteiger partial charge in [-0.15, -0.1) is 0 Å². The molecule has 2 aromatic rings. The van der Waals surface area contributed by atoms with Crippen molar-refractivity contribution in [3.05, 3.63) is 30.5 Å². The van der Waals surface area contributed by atoms with E-state index in [0.717, 1.165) is 32.6 Å². The summed E-state index contributed by atoms with van der Waals surface area (Å²) in [5.41, 5.74) is 1.17. The summed E-state index contributed by atoms with van der Waals surface area (Å²) in [5, 5.41) is 4.59. The molecule has 0 radical (unpaired) electrons. The van der Waals surface area contributed by atoms with Crippen molar-refractivity contribution < 1.29 is 8.42 Å². The lowest BCUT2D eigenvalue weighted by Crippen LogP contribution is -2.36. The highest BCUT2D eigenvalue weighted by atomic mass is 32.2. The van der Waals surface area contributed by atoms with Gasteiger partial charge in [0.25, 0.3) is 10.0 Å². The standard InChI is InChI=1S/C16H26N6O2S/c1-3-20-14-17-11-16(20)25(23,24)22-7-5-6-19(8-9-22)12-15-10-18-21(4-2)13-15/h10-11,13-14H,3-9,12H2,1-2H3. The summed E-state index contributed by atoms with van der Waals surface area (Å²) in [7, 11) is -3.49. The van der Waals surface area contributed by atoms with Crippen molar-refractivity contribution >= 4 is 10.0 Å². The van der Waals surface area contributed by atoms with Crippen LogP contribution >= 0.6 is 0 Å². The normalized spacial score (nSPS) is 17.7. The van der Waals surface area contributed by atoms with Crippen LogP contribution in [0.4, 0.5) is 0 Å². The first kappa shape index (κ1) is 18.1. The van der Waals surface area contributed by atoms with Gasteiger partial charge in [-0.1, -0.05) is 0 Å². The lowest BCUT2D eigenvalue weighted by Gasteiger charge is -2.21. The molecule has 3 rings (SSSR count). The van der Waals surface area contributed by atoms with E-state index in [0.29, 0.717) is 19.6 Å². The first-order valence-electron chi connectivity index (χ1n) is 8.78. The average molecular weight is 366 g/mol. The lowest BCUT2D eigenvalue weighted by molar-refractivity contribution is 0.278. The molecule has 0 atom stereocenters. The first-order valence-corrected chi connectivity index (χ1v) is 10.2. The third kappa shape index (κ3) is 3.94. The summed E-state index contributed by atoms with van der Waals surface area (Å²) in [4.78, 5) is 6.29. The highest BCUT2D eigenvalue weighted by Gasteiger charge is 2.29. The SMILES string of the molecule is CCn1cc(CN2CCCN(S(=O)(=O)c3cncn3CC)CC2)cn1. The Bertz CT molecular complexity index is 797. The molecule has 1 saturated heterocycles. The van der Waals surface area contributed by atoms with E-state index >= 15 is 0 Å². The molecule has 1 aliphatic rings. The van der Waals surface area contributed by atoms with E-state index in [-0.39, 0.29) is 5.03 Å². The summed E-state index contributed by atoms with van der Waals surface area (Å²) in [5.74, 6) is 0. The van der Waals surface area contributed by atoms with Gasteiger partial charge in [-0.2, -0.15) is 9.40 Å². The van der Waals surface area contributed by atoms with Crippen LogP contribution in [0.3, 0.4) is 0 Å². The van der Waals surface area contributed by atoms with Crippen molar-refractivity contribution in [2.75, 3.05) is 26.2 Å². The van der Waals surface area contributed by atoms with Crippen LogP contribution in [-0.4, -0.2) is 63.1 Å². The van der Waals surface area contributed by atoms with Gasteiger partial charge in [-0.25, -0.2) is 13.4 Å². The fourth-order valence-corrected chi connectivity index (χ4v) is 4.78. The first-order chi connectivity index (χ1) is 12.0. The molecule has 0 aliphatic carbocycles. The molecule has 0 aromatic carbocycles. The summed E-state index contributed by atoms with van der Waals surface area (Å²) in [6.07, 6.45) is 7.78. The second kappa shape index (κ2) is 7.67. The molecule has 0 amide bonds. The summed E-state index contributed by atoms with van der Waals surface area (Å²) >= 11 is 0. The fourth-order valence-electron chi connectivity index (χ4n) is 3.16. The van der Waals surface area contributed by atoms with Crippen LogP contribution in [0.1, 0.15) is 25.8 Å². The predicted molar refractivity (Wildman–Crippen MR) is 94.5 cm³/mol. The summed E-state index contributed by atoms with van der Waals surface area (Å²) in [6.45, 7) is 8.88. The van der Waals surface area contributed by atoms with Gasteiger partial charge in [0.2, 0.25) is 0 Å². The molecule has 2 aromatic heterocycles. The molecule has 3 heterocycles. The fraction of sp³-hybridized carbons (Fsp3) is 0.625. The lowest BCUT2D eigenvalue weighted by atomic mass is 10.3. The monoisotopic (exact) mass is 366 g/mol. The molecular formula is C16H26N6O2S. The largest absolute Gasteiger partial charge is 0.321 e. The molecular weight excluding hydrogens is 340 g/mol. The van der Waals surface area contributed by atoms with E-state index in [2.05, 4.69) is 28.1 Å². The van der Waals surface area contributed by atoms with Gasteiger partial charge in [0.05, 0.1) is 18.7 Å². The van der Waals surface area contributed by atoms with E-state index in [1.807, 2.05) is 17.8 Å². The molecule has 1 aliphatic heterocycles. The van der Waals surface area contributed by atoms with Crippen LogP contribution in [0.2, 0.25) is 0 Å². The Labute approximate surface area is 149 Å². The van der Waals surface area contributed by atoms with Gasteiger partial charge < -0.3 is 4.57 Å². The Morgan fingerprint density at radius 2 is 1.92 bits per heavy atom. The molecule has 25 heavy (non-hydrogen) atoms. The second-order valence-electron chi connectivity index (χ2n) is 6.26. The molecule has 0 bridgehead atoms. The zero-order valence-electron chi connectivity index (χ0n) is 14.9. The average Bonchev–Trinajstić information content (AvgIpc) is 3.20. The summed E-state index contributed by atoms with van der Waals surface area (Å²) < 4.78 is 31.0. The van der Waals surface area contributed by atoms with Crippen molar-refractivity contribution in [3.63, 3.8) is 0 Å². The maximum absolute atomic E-state index is 12.9. The zero-order valence-corrected chi connectivity index (χ0v) is 15.7. The summed E-state index contributed by atoms with van der Waals surface area (Å²) in [6, 6.07) is 0. The van der Waals surface area contributed by atoms with Gasteiger partial charge in [0, 0.05) is 51.0 Å². The van der Waals surface area contributed by atoms with Crippen molar-refractivity contribution in [2.45, 2.75) is 44.9 Å². The van der Waals surface area contributed by atoms with E-state index < -0.39 is 10.0 Å². The number of imidazole rings is 1. The van der Waals surface area contributed by atoms with Crippen LogP contribution in [0.15, 0.2) is 29.9 Å². The molecule has 0 unspecified atom stereocenters. The Morgan fingerprint density at radius 3 is 2.64 bits per heavy atom. The van der Waals surface area contributed by atoms with Crippen molar-refractivity contribution in [2.24, 2.45) is 0 Å². The third-order valence-electron chi connectivity index (χ3n) is 4.58. The van der Waals surface area contributed by atoms with Crippen LogP contribution < -0.4 is 0 Å². The van der Waals surface area contributed by atoms with E-state index in [1.54, 1.807) is 15.2 Å². The highest BCUT2D eigenvalue weighted by molar-refractivity contribution is 7.89. The quantitative estimate of drug-likeness (QED) is 0.763. The number of hydrogen-bond acceptors (Lipinski definition) is 5. The van der Waals surface area contributed by atoms with Crippen molar-refractivity contribution in [3.8, 4) is 0 Å². The number of sulfonamides is 1. The molecule has 9 heteroatoms. The van der Waals surface area contributed by atoms with Crippen LogP contribution in [0.25, 0.3) is 0 Å². The molecule has 138 valence electrons. The van der Waals surface area contributed by atoms with Gasteiger partial charge in [0.15, 0.2) is 5.03 Å². The second-order valence-corrected chi connectivity index (χ2v) is 8.14. The minimum absolute atomic E-state index is 0.285. The van der Waals surface area contributed by atoms with Crippen LogP contribution in [0, 0.1) is 0 Å². The minimum Gasteiger partial charge on any atom is -0.321 e. The van der Waals surface area contributed by atoms with Gasteiger partial charge in [0.1, 0.15) is 0 Å². The van der Waals surface area contributed by atoms with E-state index in [4.69, 9.17) is 0 Å². The Hall–Kier alpha value is -1.71. The maximum atomic E-state index is 12.9.